The Morgan fingerprint density at radius 1 is 1.29 bits per heavy atom. The van der Waals surface area contributed by atoms with E-state index in [4.69, 9.17) is 4.74 Å². The number of nitrogens with zero attached hydrogens (tertiary/aromatic N) is 1. The van der Waals surface area contributed by atoms with Crippen LogP contribution in [0.4, 0.5) is 4.39 Å². The number of esters is 1. The average Bonchev–Trinajstić information content (AvgIpc) is 2.66. The highest BCUT2D eigenvalue weighted by atomic mass is 19.1. The van der Waals surface area contributed by atoms with Gasteiger partial charge in [0.1, 0.15) is 5.82 Å². The second kappa shape index (κ2) is 5.39. The van der Waals surface area contributed by atoms with E-state index in [-0.39, 0.29) is 35.7 Å². The van der Waals surface area contributed by atoms with Crippen molar-refractivity contribution in [1.29, 1.82) is 0 Å². The number of aliphatic hydroxyl groups excluding tert-OH is 1. The van der Waals surface area contributed by atoms with Crippen LogP contribution >= 0.6 is 0 Å². The molecule has 0 saturated carbocycles. The first-order chi connectivity index (χ1) is 10.0. The molecule has 2 heterocycles. The maximum Gasteiger partial charge on any atom is 0.310 e. The lowest BCUT2D eigenvalue weighted by atomic mass is 9.76. The van der Waals surface area contributed by atoms with Gasteiger partial charge in [0.15, 0.2) is 0 Å². The first-order valence-electron chi connectivity index (χ1n) is 7.26. The van der Waals surface area contributed by atoms with Crippen molar-refractivity contribution in [2.75, 3.05) is 14.2 Å². The van der Waals surface area contributed by atoms with Crippen LogP contribution in [-0.2, 0) is 9.53 Å². The fourth-order valence-corrected chi connectivity index (χ4v) is 4.00. The van der Waals surface area contributed by atoms with Gasteiger partial charge >= 0.3 is 5.97 Å². The maximum atomic E-state index is 13.1. The Morgan fingerprint density at radius 2 is 1.95 bits per heavy atom. The van der Waals surface area contributed by atoms with Crippen molar-refractivity contribution in [3.63, 3.8) is 0 Å². The number of halogens is 1. The number of ether oxygens (including phenoxy) is 1. The summed E-state index contributed by atoms with van der Waals surface area (Å²) in [5, 5.41) is 10.2. The van der Waals surface area contributed by atoms with Gasteiger partial charge in [-0.05, 0) is 37.6 Å². The van der Waals surface area contributed by atoms with Gasteiger partial charge in [-0.3, -0.25) is 9.69 Å². The van der Waals surface area contributed by atoms with E-state index in [1.54, 1.807) is 12.1 Å². The number of methoxy groups -OCH3 is 1. The van der Waals surface area contributed by atoms with Crippen LogP contribution in [0.5, 0.6) is 0 Å². The average molecular weight is 293 g/mol. The molecule has 5 heteroatoms. The van der Waals surface area contributed by atoms with Crippen LogP contribution in [0.2, 0.25) is 0 Å². The molecule has 0 amide bonds. The van der Waals surface area contributed by atoms with E-state index in [1.807, 2.05) is 7.05 Å². The summed E-state index contributed by atoms with van der Waals surface area (Å²) in [4.78, 5) is 14.3. The first-order valence-corrected chi connectivity index (χ1v) is 7.26. The number of hydrogen-bond acceptors (Lipinski definition) is 4. The molecule has 5 atom stereocenters. The first kappa shape index (κ1) is 14.5. The number of hydrogen-bond donors (Lipinski definition) is 1. The number of benzene rings is 1. The molecular formula is C16H20FNO3. The van der Waals surface area contributed by atoms with Gasteiger partial charge in [0.2, 0.25) is 0 Å². The number of fused-ring (bicyclic) bond motifs is 2. The predicted octanol–water partition coefficient (Wildman–Crippen LogP) is 1.54. The molecule has 3 rings (SSSR count). The van der Waals surface area contributed by atoms with E-state index in [1.165, 1.54) is 19.2 Å². The van der Waals surface area contributed by atoms with Crippen molar-refractivity contribution < 1.29 is 19.0 Å². The van der Waals surface area contributed by atoms with E-state index in [9.17, 15) is 14.3 Å². The number of carbonyl (C=O) groups excluding carboxylic acids is 1. The van der Waals surface area contributed by atoms with Crippen LogP contribution in [0.3, 0.4) is 0 Å². The smallest absolute Gasteiger partial charge is 0.310 e. The van der Waals surface area contributed by atoms with E-state index in [0.717, 1.165) is 5.56 Å². The van der Waals surface area contributed by atoms with Crippen LogP contribution in [0.1, 0.15) is 24.3 Å². The van der Waals surface area contributed by atoms with Crippen molar-refractivity contribution >= 4 is 5.97 Å². The van der Waals surface area contributed by atoms with Crippen molar-refractivity contribution in [2.45, 2.75) is 36.9 Å². The third-order valence-electron chi connectivity index (χ3n) is 5.09. The Kier molecular flexibility index (Phi) is 3.71. The van der Waals surface area contributed by atoms with Gasteiger partial charge in [0.25, 0.3) is 0 Å². The second-order valence-electron chi connectivity index (χ2n) is 6.05. The number of rotatable bonds is 2. The quantitative estimate of drug-likeness (QED) is 0.840. The van der Waals surface area contributed by atoms with Gasteiger partial charge in [-0.25, -0.2) is 4.39 Å². The Labute approximate surface area is 123 Å². The molecule has 0 aromatic heterocycles. The topological polar surface area (TPSA) is 49.8 Å². The summed E-state index contributed by atoms with van der Waals surface area (Å²) in [6, 6.07) is 6.31. The van der Waals surface area contributed by atoms with Gasteiger partial charge in [-0.15, -0.1) is 0 Å². The van der Waals surface area contributed by atoms with Crippen molar-refractivity contribution in [3.8, 4) is 0 Å². The summed E-state index contributed by atoms with van der Waals surface area (Å²) in [6.07, 6.45) is 0.843. The van der Waals surface area contributed by atoms with Crippen LogP contribution < -0.4 is 0 Å². The normalized spacial score (nSPS) is 35.7. The van der Waals surface area contributed by atoms with Gasteiger partial charge in [-0.1, -0.05) is 12.1 Å². The zero-order valence-corrected chi connectivity index (χ0v) is 12.2. The molecule has 1 aromatic carbocycles. The molecule has 0 radical (unpaired) electrons. The Morgan fingerprint density at radius 3 is 2.57 bits per heavy atom. The van der Waals surface area contributed by atoms with Crippen LogP contribution in [0, 0.1) is 11.7 Å². The zero-order chi connectivity index (χ0) is 15.1. The van der Waals surface area contributed by atoms with E-state index < -0.39 is 6.10 Å². The number of piperidine rings is 1. The lowest BCUT2D eigenvalue weighted by molar-refractivity contribution is -0.150. The van der Waals surface area contributed by atoms with Gasteiger partial charge in [0.05, 0.1) is 19.1 Å². The Hall–Kier alpha value is -1.46. The van der Waals surface area contributed by atoms with E-state index >= 15 is 0 Å². The molecule has 2 unspecified atom stereocenters. The third kappa shape index (κ3) is 2.34. The fraction of sp³-hybridized carbons (Fsp3) is 0.562. The number of likely N-dealkylation sites (N-methyl/N-ethyl adjacent to an activating group) is 1. The fourth-order valence-electron chi connectivity index (χ4n) is 4.00. The predicted molar refractivity (Wildman–Crippen MR) is 75.2 cm³/mol. The SMILES string of the molecule is COC(=O)[C@@H]1C2C[C@H](O)C(C[C@@H]1c1ccc(F)cc1)N2C. The van der Waals surface area contributed by atoms with Crippen LogP contribution in [-0.4, -0.2) is 48.3 Å². The Balaban J connectivity index is 1.97. The molecule has 4 nitrogen and oxygen atoms in total. The highest BCUT2D eigenvalue weighted by Gasteiger charge is 2.53. The third-order valence-corrected chi connectivity index (χ3v) is 5.09. The molecular weight excluding hydrogens is 273 g/mol. The summed E-state index contributed by atoms with van der Waals surface area (Å²) in [5.41, 5.74) is 0.934. The van der Waals surface area contributed by atoms with Crippen molar-refractivity contribution in [2.24, 2.45) is 5.92 Å². The molecule has 2 bridgehead atoms. The van der Waals surface area contributed by atoms with Crippen molar-refractivity contribution in [1.82, 2.24) is 4.90 Å². The summed E-state index contributed by atoms with van der Waals surface area (Å²) in [6.45, 7) is 0. The minimum atomic E-state index is -0.419. The lowest BCUT2D eigenvalue weighted by Crippen LogP contribution is -2.49. The highest BCUT2D eigenvalue weighted by Crippen LogP contribution is 2.46. The molecule has 1 N–H and O–H groups in total. The summed E-state index contributed by atoms with van der Waals surface area (Å²) < 4.78 is 18.1. The standard InChI is InChI=1S/C16H20FNO3/c1-18-12-7-11(9-3-5-10(17)6-4-9)15(16(20)21-2)13(18)8-14(12)19/h3-6,11-15,19H,7-8H2,1-2H3/t11-,12?,13?,14+,15+/m1/s1. The second-order valence-corrected chi connectivity index (χ2v) is 6.05. The van der Waals surface area contributed by atoms with Crippen LogP contribution in [0.15, 0.2) is 24.3 Å². The molecule has 0 aliphatic carbocycles. The molecule has 2 aliphatic heterocycles. The molecule has 1 aromatic rings. The lowest BCUT2D eigenvalue weighted by Gasteiger charge is -2.41. The number of carbonyl (C=O) groups is 1. The largest absolute Gasteiger partial charge is 0.469 e. The van der Waals surface area contributed by atoms with Crippen LogP contribution in [0.25, 0.3) is 0 Å². The van der Waals surface area contributed by atoms with E-state index in [0.29, 0.717) is 12.8 Å². The molecule has 0 spiro atoms. The minimum absolute atomic E-state index is 0.0266. The summed E-state index contributed by atoms with van der Waals surface area (Å²) in [7, 11) is 3.34. The monoisotopic (exact) mass is 293 g/mol. The maximum absolute atomic E-state index is 13.1. The van der Waals surface area contributed by atoms with Gasteiger partial charge in [-0.2, -0.15) is 0 Å². The molecule has 21 heavy (non-hydrogen) atoms. The number of aliphatic hydroxyl groups is 1. The highest BCUT2D eigenvalue weighted by molar-refractivity contribution is 5.75. The molecule has 2 fully saturated rings. The molecule has 2 saturated heterocycles. The summed E-state index contributed by atoms with van der Waals surface area (Å²) >= 11 is 0. The molecule has 2 aliphatic rings. The zero-order valence-electron chi connectivity index (χ0n) is 12.2. The van der Waals surface area contributed by atoms with E-state index in [2.05, 4.69) is 4.90 Å². The molecule has 114 valence electrons. The minimum Gasteiger partial charge on any atom is -0.469 e. The Bertz CT molecular complexity index is 533. The van der Waals surface area contributed by atoms with Gasteiger partial charge in [0, 0.05) is 18.0 Å². The van der Waals surface area contributed by atoms with Crippen molar-refractivity contribution in [3.05, 3.63) is 35.6 Å². The summed E-state index contributed by atoms with van der Waals surface area (Å²) in [5.74, 6) is -0.904. The van der Waals surface area contributed by atoms with Gasteiger partial charge < -0.3 is 9.84 Å².